The van der Waals surface area contributed by atoms with Crippen LogP contribution in [0.4, 0.5) is 17.2 Å². The fraction of sp³-hybridized carbons (Fsp3) is 0.0400. The van der Waals surface area contributed by atoms with Crippen LogP contribution in [-0.2, 0) is 0 Å². The lowest BCUT2D eigenvalue weighted by atomic mass is 10.1. The van der Waals surface area contributed by atoms with Gasteiger partial charge in [0.15, 0.2) is 17.2 Å². The van der Waals surface area contributed by atoms with E-state index in [4.69, 9.17) is 15.5 Å². The summed E-state index contributed by atoms with van der Waals surface area (Å²) in [6.45, 7) is 0. The Morgan fingerprint density at radius 2 is 1.53 bits per heavy atom. The van der Waals surface area contributed by atoms with Gasteiger partial charge in [0.05, 0.1) is 24.2 Å². The highest BCUT2D eigenvalue weighted by Gasteiger charge is 2.17. The standard InChI is InChI=1S/C25H20N6O/c1-32-20-14-8-13-19(15-20)28-29-23-24(26)30-31-22(18-11-6-3-7-12-18)16-21(27-25(23)31)17-9-4-2-5-10-17/h2-16H,1H3,(H2,26,30). The first-order valence-electron chi connectivity index (χ1n) is 10.1. The van der Waals surface area contributed by atoms with Gasteiger partial charge in [0.2, 0.25) is 0 Å². The zero-order chi connectivity index (χ0) is 21.9. The molecule has 0 amide bonds. The Morgan fingerprint density at radius 1 is 0.812 bits per heavy atom. The van der Waals surface area contributed by atoms with Crippen molar-refractivity contribution < 1.29 is 4.74 Å². The third-order valence-electron chi connectivity index (χ3n) is 5.05. The van der Waals surface area contributed by atoms with Gasteiger partial charge in [-0.2, -0.15) is 5.11 Å². The van der Waals surface area contributed by atoms with Crippen molar-refractivity contribution in [2.75, 3.05) is 12.8 Å². The Balaban J connectivity index is 1.70. The zero-order valence-corrected chi connectivity index (χ0v) is 17.4. The molecule has 7 heteroatoms. The fourth-order valence-corrected chi connectivity index (χ4v) is 3.47. The molecule has 7 nitrogen and oxygen atoms in total. The number of nitrogens with two attached hydrogens (primary N) is 1. The number of methoxy groups -OCH3 is 1. The number of benzene rings is 3. The van der Waals surface area contributed by atoms with Gasteiger partial charge in [0.25, 0.3) is 0 Å². The number of hydrogen-bond donors (Lipinski definition) is 1. The van der Waals surface area contributed by atoms with Crippen molar-refractivity contribution in [3.63, 3.8) is 0 Å². The summed E-state index contributed by atoms with van der Waals surface area (Å²) >= 11 is 0. The second-order valence-electron chi connectivity index (χ2n) is 7.13. The smallest absolute Gasteiger partial charge is 0.186 e. The van der Waals surface area contributed by atoms with Gasteiger partial charge >= 0.3 is 0 Å². The number of nitrogen functional groups attached to an aromatic ring is 1. The highest BCUT2D eigenvalue weighted by Crippen LogP contribution is 2.34. The molecular formula is C25H20N6O. The van der Waals surface area contributed by atoms with E-state index in [9.17, 15) is 0 Å². The number of ether oxygens (including phenoxy) is 1. The molecule has 0 bridgehead atoms. The molecule has 3 aromatic carbocycles. The second kappa shape index (κ2) is 8.31. The van der Waals surface area contributed by atoms with Crippen LogP contribution in [0.5, 0.6) is 5.75 Å². The van der Waals surface area contributed by atoms with Gasteiger partial charge in [-0.1, -0.05) is 66.7 Å². The van der Waals surface area contributed by atoms with E-state index < -0.39 is 0 Å². The number of fused-ring (bicyclic) bond motifs is 1. The average molecular weight is 420 g/mol. The van der Waals surface area contributed by atoms with Crippen LogP contribution in [-0.4, -0.2) is 21.7 Å². The van der Waals surface area contributed by atoms with Crippen LogP contribution in [0, 0.1) is 0 Å². The Kier molecular flexibility index (Phi) is 5.05. The molecule has 0 aliphatic rings. The van der Waals surface area contributed by atoms with Crippen LogP contribution in [0.15, 0.2) is 101 Å². The predicted molar refractivity (Wildman–Crippen MR) is 125 cm³/mol. The Hall–Kier alpha value is -4.52. The molecule has 2 aromatic heterocycles. The largest absolute Gasteiger partial charge is 0.497 e. The molecule has 0 saturated carbocycles. The number of anilines is 1. The van der Waals surface area contributed by atoms with Crippen molar-refractivity contribution in [3.05, 3.63) is 91.0 Å². The van der Waals surface area contributed by atoms with Gasteiger partial charge in [0.1, 0.15) is 5.75 Å². The summed E-state index contributed by atoms with van der Waals surface area (Å²) in [4.78, 5) is 4.84. The predicted octanol–water partition coefficient (Wildman–Crippen LogP) is 6.07. The average Bonchev–Trinajstić information content (AvgIpc) is 3.18. The molecule has 0 aliphatic carbocycles. The summed E-state index contributed by atoms with van der Waals surface area (Å²) in [7, 11) is 1.61. The summed E-state index contributed by atoms with van der Waals surface area (Å²) in [5.41, 5.74) is 11.5. The minimum absolute atomic E-state index is 0.256. The second-order valence-corrected chi connectivity index (χ2v) is 7.13. The van der Waals surface area contributed by atoms with E-state index in [1.807, 2.05) is 84.9 Å². The molecule has 5 aromatic rings. The third kappa shape index (κ3) is 3.67. The number of hydrogen-bond acceptors (Lipinski definition) is 6. The molecule has 2 heterocycles. The first-order valence-corrected chi connectivity index (χ1v) is 10.1. The summed E-state index contributed by atoms with van der Waals surface area (Å²) in [6.07, 6.45) is 0. The third-order valence-corrected chi connectivity index (χ3v) is 5.05. The van der Waals surface area contributed by atoms with Crippen molar-refractivity contribution in [2.24, 2.45) is 10.2 Å². The van der Waals surface area contributed by atoms with Crippen molar-refractivity contribution in [1.29, 1.82) is 0 Å². The molecule has 32 heavy (non-hydrogen) atoms. The molecular weight excluding hydrogens is 400 g/mol. The SMILES string of the molecule is COc1cccc(N=Nc2c(N)nn3c(-c4ccccc4)cc(-c4ccccc4)nc23)c1. The highest BCUT2D eigenvalue weighted by atomic mass is 16.5. The topological polar surface area (TPSA) is 90.2 Å². The number of azo groups is 1. The minimum Gasteiger partial charge on any atom is -0.497 e. The van der Waals surface area contributed by atoms with E-state index in [0.29, 0.717) is 22.8 Å². The lowest BCUT2D eigenvalue weighted by molar-refractivity contribution is 0.415. The van der Waals surface area contributed by atoms with Crippen LogP contribution < -0.4 is 10.5 Å². The van der Waals surface area contributed by atoms with Crippen molar-refractivity contribution in [1.82, 2.24) is 14.6 Å². The fourth-order valence-electron chi connectivity index (χ4n) is 3.47. The van der Waals surface area contributed by atoms with Gasteiger partial charge in [0, 0.05) is 17.2 Å². The molecule has 2 N–H and O–H groups in total. The van der Waals surface area contributed by atoms with Crippen LogP contribution in [0.25, 0.3) is 28.2 Å². The Morgan fingerprint density at radius 3 is 2.25 bits per heavy atom. The van der Waals surface area contributed by atoms with Crippen molar-refractivity contribution in [3.8, 4) is 28.3 Å². The van der Waals surface area contributed by atoms with E-state index in [1.165, 1.54) is 0 Å². The normalized spacial score (nSPS) is 11.3. The molecule has 0 unspecified atom stereocenters. The van der Waals surface area contributed by atoms with E-state index in [0.717, 1.165) is 22.5 Å². The zero-order valence-electron chi connectivity index (χ0n) is 17.4. The summed E-state index contributed by atoms with van der Waals surface area (Å²) in [6, 6.07) is 29.3. The first kappa shape index (κ1) is 19.4. The van der Waals surface area contributed by atoms with E-state index >= 15 is 0 Å². The maximum absolute atomic E-state index is 6.26. The van der Waals surface area contributed by atoms with Crippen molar-refractivity contribution >= 4 is 22.8 Å². The number of rotatable bonds is 5. The lowest BCUT2D eigenvalue weighted by Gasteiger charge is -2.08. The molecule has 156 valence electrons. The summed E-state index contributed by atoms with van der Waals surface area (Å²) in [5.74, 6) is 0.955. The molecule has 0 radical (unpaired) electrons. The maximum atomic E-state index is 6.26. The molecule has 0 aliphatic heterocycles. The summed E-state index contributed by atoms with van der Waals surface area (Å²) in [5, 5.41) is 13.3. The van der Waals surface area contributed by atoms with E-state index in [-0.39, 0.29) is 5.82 Å². The Labute approximate surface area is 184 Å². The maximum Gasteiger partial charge on any atom is 0.186 e. The van der Waals surface area contributed by atoms with Crippen LogP contribution in [0.1, 0.15) is 0 Å². The number of aromatic nitrogens is 3. The van der Waals surface area contributed by atoms with Gasteiger partial charge in [-0.3, -0.25) is 0 Å². The van der Waals surface area contributed by atoms with Crippen LogP contribution >= 0.6 is 0 Å². The monoisotopic (exact) mass is 420 g/mol. The Bertz CT molecular complexity index is 1410. The van der Waals surface area contributed by atoms with Crippen LogP contribution in [0.3, 0.4) is 0 Å². The van der Waals surface area contributed by atoms with Gasteiger partial charge < -0.3 is 10.5 Å². The molecule has 0 saturated heterocycles. The lowest BCUT2D eigenvalue weighted by Crippen LogP contribution is -1.98. The van der Waals surface area contributed by atoms with Gasteiger partial charge in [-0.05, 0) is 18.2 Å². The van der Waals surface area contributed by atoms with E-state index in [1.54, 1.807) is 17.7 Å². The summed E-state index contributed by atoms with van der Waals surface area (Å²) < 4.78 is 6.98. The van der Waals surface area contributed by atoms with E-state index in [2.05, 4.69) is 15.3 Å². The first-order chi connectivity index (χ1) is 15.7. The molecule has 0 fully saturated rings. The minimum atomic E-state index is 0.256. The molecule has 0 spiro atoms. The van der Waals surface area contributed by atoms with Gasteiger partial charge in [-0.15, -0.1) is 10.2 Å². The quantitative estimate of drug-likeness (QED) is 0.349. The highest BCUT2D eigenvalue weighted by molar-refractivity contribution is 5.81. The molecule has 0 atom stereocenters. The number of nitrogens with zero attached hydrogens (tertiary/aromatic N) is 5. The van der Waals surface area contributed by atoms with Crippen molar-refractivity contribution in [2.45, 2.75) is 0 Å². The van der Waals surface area contributed by atoms with Crippen LogP contribution in [0.2, 0.25) is 0 Å². The van der Waals surface area contributed by atoms with Gasteiger partial charge in [-0.25, -0.2) is 9.50 Å². The molecule has 5 rings (SSSR count).